The maximum Gasteiger partial charge on any atom is 0.301 e. The van der Waals surface area contributed by atoms with Gasteiger partial charge in [0.1, 0.15) is 15.7 Å². The van der Waals surface area contributed by atoms with Crippen molar-refractivity contribution in [3.8, 4) is 11.9 Å². The fourth-order valence-electron chi connectivity index (χ4n) is 2.40. The summed E-state index contributed by atoms with van der Waals surface area (Å²) in [7, 11) is 0. The van der Waals surface area contributed by atoms with Crippen LogP contribution in [-0.4, -0.2) is 15.7 Å². The second kappa shape index (κ2) is 8.68. The van der Waals surface area contributed by atoms with Crippen molar-refractivity contribution in [2.24, 2.45) is 4.99 Å². The number of nitriles is 1. The van der Waals surface area contributed by atoms with Crippen LogP contribution in [0.5, 0.6) is 5.75 Å². The van der Waals surface area contributed by atoms with E-state index >= 15 is 0 Å². The zero-order chi connectivity index (χ0) is 18.4. The van der Waals surface area contributed by atoms with Crippen molar-refractivity contribution in [1.29, 1.82) is 5.26 Å². The molecule has 0 bridgehead atoms. The first-order valence-electron chi connectivity index (χ1n) is 7.54. The molecule has 0 aliphatic carbocycles. The summed E-state index contributed by atoms with van der Waals surface area (Å²) in [6.07, 6.45) is -0.172. The van der Waals surface area contributed by atoms with E-state index in [0.29, 0.717) is 10.1 Å². The van der Waals surface area contributed by atoms with Crippen LogP contribution in [0.1, 0.15) is 31.4 Å². The van der Waals surface area contributed by atoms with Crippen molar-refractivity contribution in [2.45, 2.75) is 38.0 Å². The van der Waals surface area contributed by atoms with Crippen molar-refractivity contribution >= 4 is 27.9 Å². The molecule has 1 aliphatic heterocycles. The molecule has 0 aromatic heterocycles. The van der Waals surface area contributed by atoms with Crippen LogP contribution in [0.25, 0.3) is 0 Å². The Kier molecular flexibility index (Phi) is 6.85. The van der Waals surface area contributed by atoms with Crippen molar-refractivity contribution in [3.05, 3.63) is 41.2 Å². The predicted octanol–water partition coefficient (Wildman–Crippen LogP) is 5.67. The van der Waals surface area contributed by atoms with Gasteiger partial charge in [0.05, 0.1) is 0 Å². The van der Waals surface area contributed by atoms with E-state index in [-0.39, 0.29) is 11.4 Å². The summed E-state index contributed by atoms with van der Waals surface area (Å²) in [6.45, 7) is 4.04. The summed E-state index contributed by atoms with van der Waals surface area (Å²) in [6, 6.07) is 5.93. The standard InChI is InChI=1S/C17H17F3N2OS2/c1-17(2)8-11-4-3-5-12(14(11)23-17)9-25-16(22-10-21)24-7-6-13(18)15(19)20/h3-5H,6-9H2,1-2H3. The molecule has 0 radical (unpaired) electrons. The number of nitrogens with zero attached hydrogens (tertiary/aromatic N) is 2. The molecular formula is C17H17F3N2OS2. The SMILES string of the molecule is CC1(C)Cc2cccc(CSC(=NC#N)SCCC(F)=C(F)F)c2O1. The maximum absolute atomic E-state index is 12.8. The molecule has 0 saturated carbocycles. The quantitative estimate of drug-likeness (QED) is 0.371. The van der Waals surface area contributed by atoms with Crippen LogP contribution < -0.4 is 4.74 Å². The molecule has 1 aliphatic rings. The van der Waals surface area contributed by atoms with Crippen LogP contribution in [0.15, 0.2) is 35.1 Å². The highest BCUT2D eigenvalue weighted by atomic mass is 32.2. The molecule has 8 heteroatoms. The monoisotopic (exact) mass is 386 g/mol. The Morgan fingerprint density at radius 1 is 1.32 bits per heavy atom. The first kappa shape index (κ1) is 19.7. The Morgan fingerprint density at radius 2 is 2.08 bits per heavy atom. The van der Waals surface area contributed by atoms with Crippen molar-refractivity contribution in [2.75, 3.05) is 5.75 Å². The number of halogens is 3. The van der Waals surface area contributed by atoms with E-state index in [2.05, 4.69) is 4.99 Å². The molecule has 0 atom stereocenters. The van der Waals surface area contributed by atoms with Gasteiger partial charge < -0.3 is 4.74 Å². The van der Waals surface area contributed by atoms with Gasteiger partial charge in [0.15, 0.2) is 5.83 Å². The molecule has 1 aromatic rings. The lowest BCUT2D eigenvalue weighted by molar-refractivity contribution is 0.137. The van der Waals surface area contributed by atoms with E-state index in [1.165, 1.54) is 11.8 Å². The lowest BCUT2D eigenvalue weighted by Gasteiger charge is -2.18. The molecular weight excluding hydrogens is 369 g/mol. The second-order valence-corrected chi connectivity index (χ2v) is 8.28. The van der Waals surface area contributed by atoms with E-state index in [1.54, 1.807) is 6.19 Å². The van der Waals surface area contributed by atoms with E-state index in [9.17, 15) is 13.2 Å². The molecule has 25 heavy (non-hydrogen) atoms. The van der Waals surface area contributed by atoms with Gasteiger partial charge in [0, 0.05) is 29.9 Å². The van der Waals surface area contributed by atoms with Crippen LogP contribution in [0.2, 0.25) is 0 Å². The number of rotatable bonds is 5. The molecule has 3 nitrogen and oxygen atoms in total. The van der Waals surface area contributed by atoms with Crippen LogP contribution in [0.3, 0.4) is 0 Å². The van der Waals surface area contributed by atoms with Gasteiger partial charge in [-0.15, -0.1) is 0 Å². The maximum atomic E-state index is 12.8. The Morgan fingerprint density at radius 3 is 2.76 bits per heavy atom. The number of benzene rings is 1. The Labute approximate surface area is 153 Å². The highest BCUT2D eigenvalue weighted by Gasteiger charge is 2.31. The molecule has 1 heterocycles. The summed E-state index contributed by atoms with van der Waals surface area (Å²) in [5.41, 5.74) is 1.88. The third kappa shape index (κ3) is 5.72. The predicted molar refractivity (Wildman–Crippen MR) is 96.6 cm³/mol. The minimum Gasteiger partial charge on any atom is -0.487 e. The van der Waals surface area contributed by atoms with Gasteiger partial charge in [-0.3, -0.25) is 0 Å². The normalized spacial score (nSPS) is 15.3. The number of ether oxygens (including phenoxy) is 1. The van der Waals surface area contributed by atoms with Crippen molar-refractivity contribution in [1.82, 2.24) is 0 Å². The van der Waals surface area contributed by atoms with Gasteiger partial charge in [-0.25, -0.2) is 4.39 Å². The topological polar surface area (TPSA) is 45.4 Å². The minimum atomic E-state index is -2.30. The Hall–Kier alpha value is -1.59. The molecule has 134 valence electrons. The molecule has 0 spiro atoms. The first-order chi connectivity index (χ1) is 11.8. The lowest BCUT2D eigenvalue weighted by atomic mass is 10.0. The highest BCUT2D eigenvalue weighted by molar-refractivity contribution is 8.38. The third-order valence-electron chi connectivity index (χ3n) is 3.42. The van der Waals surface area contributed by atoms with E-state index < -0.39 is 18.3 Å². The van der Waals surface area contributed by atoms with Gasteiger partial charge in [-0.05, 0) is 19.4 Å². The van der Waals surface area contributed by atoms with Crippen LogP contribution in [-0.2, 0) is 12.2 Å². The number of hydrogen-bond donors (Lipinski definition) is 0. The zero-order valence-corrected chi connectivity index (χ0v) is 15.4. The number of fused-ring (bicyclic) bond motifs is 1. The van der Waals surface area contributed by atoms with Crippen LogP contribution in [0, 0.1) is 11.5 Å². The molecule has 0 saturated heterocycles. The number of hydrogen-bond acceptors (Lipinski definition) is 5. The first-order valence-corrected chi connectivity index (χ1v) is 9.51. The van der Waals surface area contributed by atoms with Crippen molar-refractivity contribution < 1.29 is 17.9 Å². The highest BCUT2D eigenvalue weighted by Crippen LogP contribution is 2.39. The van der Waals surface area contributed by atoms with Gasteiger partial charge >= 0.3 is 6.08 Å². The summed E-state index contributed by atoms with van der Waals surface area (Å²) in [5.74, 6) is 0.0514. The minimum absolute atomic E-state index is 0.0904. The van der Waals surface area contributed by atoms with E-state index in [1.807, 2.05) is 32.0 Å². The zero-order valence-electron chi connectivity index (χ0n) is 13.8. The summed E-state index contributed by atoms with van der Waals surface area (Å²) in [4.78, 5) is 3.68. The van der Waals surface area contributed by atoms with Gasteiger partial charge in [0.25, 0.3) is 0 Å². The van der Waals surface area contributed by atoms with Gasteiger partial charge in [-0.1, -0.05) is 41.7 Å². The average Bonchev–Trinajstić information content (AvgIpc) is 2.86. The summed E-state index contributed by atoms with van der Waals surface area (Å²) < 4.78 is 43.3. The largest absolute Gasteiger partial charge is 0.487 e. The number of para-hydroxylation sites is 1. The smallest absolute Gasteiger partial charge is 0.301 e. The number of thioether (sulfide) groups is 2. The third-order valence-corrected chi connectivity index (χ3v) is 5.66. The molecule has 0 fully saturated rings. The summed E-state index contributed by atoms with van der Waals surface area (Å²) in [5, 5.41) is 8.76. The average molecular weight is 386 g/mol. The lowest BCUT2D eigenvalue weighted by Crippen LogP contribution is -2.24. The molecule has 0 amide bonds. The number of allylic oxidation sites excluding steroid dienone is 1. The summed E-state index contributed by atoms with van der Waals surface area (Å²) >= 11 is 2.40. The molecule has 0 N–H and O–H groups in total. The van der Waals surface area contributed by atoms with E-state index in [0.717, 1.165) is 35.1 Å². The molecule has 0 unspecified atom stereocenters. The number of aliphatic imine (C=N–C) groups is 1. The Balaban J connectivity index is 1.97. The molecule has 2 rings (SSSR count). The second-order valence-electron chi connectivity index (χ2n) is 5.97. The fraction of sp³-hybridized carbons (Fsp3) is 0.412. The van der Waals surface area contributed by atoms with E-state index in [4.69, 9.17) is 10.00 Å². The fourth-order valence-corrected chi connectivity index (χ4v) is 4.34. The van der Waals surface area contributed by atoms with Crippen molar-refractivity contribution in [3.63, 3.8) is 0 Å². The molecule has 1 aromatic carbocycles. The van der Waals surface area contributed by atoms with Gasteiger partial charge in [-0.2, -0.15) is 19.0 Å². The Bertz CT molecular complexity index is 738. The van der Waals surface area contributed by atoms with Gasteiger partial charge in [0.2, 0.25) is 6.19 Å². The van der Waals surface area contributed by atoms with Crippen LogP contribution >= 0.6 is 23.5 Å². The van der Waals surface area contributed by atoms with Crippen LogP contribution in [0.4, 0.5) is 13.2 Å².